The van der Waals surface area contributed by atoms with Crippen molar-refractivity contribution in [2.75, 3.05) is 9.80 Å². The SMILES string of the molecule is [2H]c1c([2H])c([2H])c(-c2c([2H])c([2H])c(-c3c([2H])c([2H])c(N(c4c([2H])c([2H])c(-c5c([2H])c([2H])c6c(c5[2H])c5c([2H])c([2H])c([2H])c([2H])c5n6-c5c([2H])c([2H])c([2H])c(-c6c([2H])c([2H])c([2H])c([2H])c6[2H])c5[2H])c([2H])c4[2H])c4c([2H])c([2H])c([2H])c([2H])c4-c4c([2H])c([2H])c([2H])c([2H])c4[2H])c([2H])c3[2H])c([2H])c2[2H])c([2H])c1[2H].[2H]c1c([2H])c([2H])c(-c2c([2H])c([2H])c(-c3c([2H])c([2H])c(N(c4c([2H])c([2H])c(-c5ccc6c(c5)c5ccccc5n6-c5cccc(-c6ccccc6)c5)c([2H])c4[2H])c4c([2H])c([2H])c([2H])c([2H])c4-c4c([2H])c([2H])c([2H])c([2H])c4[2H])c([2H])c3[2H])c([2H])c2[2H])c([2H])c1[2H]. The molecule has 4 nitrogen and oxygen atoms in total. The lowest BCUT2D eigenvalue weighted by Crippen LogP contribution is -2.11. The Morgan fingerprint density at radius 1 is 0.169 bits per heavy atom. The molecule has 0 unspecified atom stereocenters. The quantitative estimate of drug-likeness (QED) is 0.0851. The van der Waals surface area contributed by atoms with Crippen molar-refractivity contribution < 1.29 is 93.2 Å². The average Bonchev–Trinajstić information content (AvgIpc) is 1.52. The van der Waals surface area contributed by atoms with Gasteiger partial charge in [0.25, 0.3) is 0 Å². The van der Waals surface area contributed by atoms with Crippen LogP contribution in [0.15, 0.2) is 508 Å². The molecule has 0 atom stereocenters. The minimum Gasteiger partial charge on any atom is -0.310 e. The van der Waals surface area contributed by atoms with Gasteiger partial charge in [-0.3, -0.25) is 0 Å². The minimum atomic E-state index is -1.50. The molecule has 0 aliphatic rings. The van der Waals surface area contributed by atoms with Gasteiger partial charge in [0.2, 0.25) is 0 Å². The van der Waals surface area contributed by atoms with Crippen molar-refractivity contribution in [2.24, 2.45) is 0 Å². The molecule has 20 aromatic carbocycles. The highest BCUT2D eigenvalue weighted by molar-refractivity contribution is 6.12. The highest BCUT2D eigenvalue weighted by atomic mass is 15.2. The monoisotopic (exact) mass is 1650 g/mol. The molecule has 0 fully saturated rings. The van der Waals surface area contributed by atoms with Crippen molar-refractivity contribution in [1.29, 1.82) is 0 Å². The molecule has 22 rings (SSSR count). The standard InChI is InChI=1S/2C60H42N2/c2*1-4-15-43(16-5-1)45-27-29-46(30-28-45)47-31-36-52(37-32-47)61(58-25-12-10-23-55(58)49-19-8-3-9-20-49)53-38-33-48(34-39-53)51-35-40-60-57(42-51)56-24-11-13-26-59(56)62(60)54-22-14-21-50(41-54)44-17-6-2-7-18-44/h2*1-42H/i1D,2D,3D,4D,5D,6D,7D,8D,9D,10D,11D,12D,13D,14D,15D,16D,17D,18D,19D,20D,21D,22D,23D,24D,25D,26D,27D,28D,29D,30D,31D,32D,33D,34D,35D,36D,37D,38D,39D,40D,41D,42D;1D,3D,4D,5D,8D,9D,10D,12D,15D,16D,19D,20D,23D,25D,27D,28D,29D,30D,31D,32D,33D,34D,36D,37D,38D,39D. The number of nitrogens with zero attached hydrogens (tertiary/aromatic N) is 4. The summed E-state index contributed by atoms with van der Waals surface area (Å²) in [5.41, 5.74) is -21.1. The zero-order chi connectivity index (χ0) is 142. The van der Waals surface area contributed by atoms with Crippen LogP contribution in [0.25, 0.3) is 166 Å². The summed E-state index contributed by atoms with van der Waals surface area (Å²) in [5.74, 6) is 0. The van der Waals surface area contributed by atoms with Gasteiger partial charge in [-0.15, -0.1) is 0 Å². The van der Waals surface area contributed by atoms with Crippen LogP contribution in [0.2, 0.25) is 0 Å². The fourth-order valence-electron chi connectivity index (χ4n) is 13.5. The van der Waals surface area contributed by atoms with E-state index in [0.717, 1.165) is 27.7 Å². The Kier molecular flexibility index (Phi) is 8.71. The van der Waals surface area contributed by atoms with Crippen LogP contribution in [0.3, 0.4) is 0 Å². The molecule has 0 amide bonds. The van der Waals surface area contributed by atoms with Gasteiger partial charge in [0.15, 0.2) is 0 Å². The highest BCUT2D eigenvalue weighted by Gasteiger charge is 2.23. The first kappa shape index (κ1) is 32.0. The molecule has 2 aromatic heterocycles. The van der Waals surface area contributed by atoms with Gasteiger partial charge in [0.1, 0.15) is 0 Å². The van der Waals surface area contributed by atoms with Gasteiger partial charge < -0.3 is 18.9 Å². The second-order valence-electron chi connectivity index (χ2n) is 26.3. The van der Waals surface area contributed by atoms with E-state index in [1.807, 2.05) is 83.4 Å². The molecule has 0 radical (unpaired) electrons. The van der Waals surface area contributed by atoms with Gasteiger partial charge in [-0.2, -0.15) is 0 Å². The lowest BCUT2D eigenvalue weighted by Gasteiger charge is -2.28. The summed E-state index contributed by atoms with van der Waals surface area (Å²) in [6, 6.07) is -45.5. The van der Waals surface area contributed by atoms with Crippen molar-refractivity contribution in [3.8, 4) is 123 Å². The van der Waals surface area contributed by atoms with Gasteiger partial charge in [0, 0.05) is 66.8 Å². The van der Waals surface area contributed by atoms with E-state index in [1.165, 1.54) is 0 Å². The second-order valence-corrected chi connectivity index (χ2v) is 26.3. The van der Waals surface area contributed by atoms with Gasteiger partial charge in [-0.05, 0) is 221 Å². The topological polar surface area (TPSA) is 16.3 Å². The number of anilines is 6. The first-order chi connectivity index (χ1) is 89.8. The van der Waals surface area contributed by atoms with E-state index in [1.54, 1.807) is 18.2 Å². The van der Waals surface area contributed by atoms with Crippen LogP contribution >= 0.6 is 0 Å². The number of para-hydroxylation sites is 4. The summed E-state index contributed by atoms with van der Waals surface area (Å²) in [6.07, 6.45) is 0. The molecule has 0 saturated carbocycles. The number of aromatic nitrogens is 2. The van der Waals surface area contributed by atoms with Crippen molar-refractivity contribution in [2.45, 2.75) is 0 Å². The molecule has 0 N–H and O–H groups in total. The zero-order valence-corrected chi connectivity index (χ0v) is 63.0. The summed E-state index contributed by atoms with van der Waals surface area (Å²) in [6.45, 7) is 0. The molecule has 2 heterocycles. The van der Waals surface area contributed by atoms with E-state index < -0.39 is 562 Å². The van der Waals surface area contributed by atoms with E-state index >= 15 is 0 Å². The van der Waals surface area contributed by atoms with Crippen LogP contribution in [-0.2, 0) is 0 Å². The van der Waals surface area contributed by atoms with Crippen LogP contribution in [0.4, 0.5) is 34.1 Å². The van der Waals surface area contributed by atoms with E-state index in [2.05, 4.69) is 0 Å². The maximum absolute atomic E-state index is 9.97. The zero-order valence-electron chi connectivity index (χ0n) is 131. The number of hydrogen-bond acceptors (Lipinski definition) is 2. The third kappa shape index (κ3) is 15.0. The lowest BCUT2D eigenvalue weighted by atomic mass is 9.99. The van der Waals surface area contributed by atoms with E-state index in [9.17, 15) is 39.8 Å². The Morgan fingerprint density at radius 3 is 1.02 bits per heavy atom. The molecule has 584 valence electrons. The van der Waals surface area contributed by atoms with Crippen LogP contribution in [0, 0.1) is 0 Å². The fraction of sp³-hybridized carbons (Fsp3) is 0. The second kappa shape index (κ2) is 33.8. The minimum absolute atomic E-state index is 0.149. The van der Waals surface area contributed by atoms with Crippen LogP contribution in [-0.4, -0.2) is 9.13 Å². The largest absolute Gasteiger partial charge is 0.310 e. The maximum Gasteiger partial charge on any atom is 0.0651 e. The summed E-state index contributed by atoms with van der Waals surface area (Å²) >= 11 is 0. The Balaban J connectivity index is 0.000000216. The van der Waals surface area contributed by atoms with Gasteiger partial charge in [0.05, 0.1) is 127 Å². The summed E-state index contributed by atoms with van der Waals surface area (Å²) in [4.78, 5) is 0.629. The van der Waals surface area contributed by atoms with Crippen molar-refractivity contribution >= 4 is 77.7 Å². The molecule has 4 heteroatoms. The number of benzene rings is 20. The smallest absolute Gasteiger partial charge is 0.0651 e. The third-order valence-electron chi connectivity index (χ3n) is 19.0. The fourth-order valence-corrected chi connectivity index (χ4v) is 13.5. The van der Waals surface area contributed by atoms with Crippen molar-refractivity contribution in [3.05, 3.63) is 508 Å². The number of hydrogen-bond donors (Lipinski definition) is 0. The first-order valence-corrected chi connectivity index (χ1v) is 37.0. The molecule has 0 bridgehead atoms. The van der Waals surface area contributed by atoms with E-state index in [-0.39, 0.29) is 16.0 Å². The van der Waals surface area contributed by atoms with Crippen molar-refractivity contribution in [1.82, 2.24) is 9.13 Å². The lowest BCUT2D eigenvalue weighted by molar-refractivity contribution is 1.18. The number of fused-ring (bicyclic) bond motifs is 6. The summed E-state index contributed by atoms with van der Waals surface area (Å²) in [5, 5.41) is -0.256. The molecule has 124 heavy (non-hydrogen) atoms. The number of rotatable bonds is 18. The molecule has 0 aliphatic heterocycles. The Bertz CT molecular complexity index is 11700. The summed E-state index contributed by atoms with van der Waals surface area (Å²) < 4.78 is 620. The predicted molar refractivity (Wildman–Crippen MR) is 525 cm³/mol. The highest BCUT2D eigenvalue weighted by Crippen LogP contribution is 2.47. The van der Waals surface area contributed by atoms with Crippen LogP contribution in [0.5, 0.6) is 0 Å². The van der Waals surface area contributed by atoms with E-state index in [4.69, 9.17) is 53.5 Å². The Morgan fingerprint density at radius 2 is 0.516 bits per heavy atom. The molecule has 0 saturated heterocycles. The Labute approximate surface area is 819 Å². The third-order valence-corrected chi connectivity index (χ3v) is 19.0. The molecular weight excluding hydrogens is 1500 g/mol. The molecule has 0 spiro atoms. The van der Waals surface area contributed by atoms with Crippen LogP contribution < -0.4 is 9.80 Å². The maximum atomic E-state index is 9.97. The predicted octanol–water partition coefficient (Wildman–Crippen LogP) is 33.2. The van der Waals surface area contributed by atoms with Gasteiger partial charge >= 0.3 is 0 Å². The molecular formula is C120H84N4. The van der Waals surface area contributed by atoms with E-state index in [0.29, 0.717) is 20.4 Å². The normalized spacial score (nSPS) is 18.9. The van der Waals surface area contributed by atoms with Crippen molar-refractivity contribution in [3.63, 3.8) is 0 Å². The molecule has 22 aromatic rings. The Hall–Kier alpha value is -16.4. The first-order valence-electron chi connectivity index (χ1n) is 71.0. The van der Waals surface area contributed by atoms with Crippen LogP contribution in [0.1, 0.15) is 93.2 Å². The average molecular weight is 1650 g/mol. The van der Waals surface area contributed by atoms with Gasteiger partial charge in [-0.25, -0.2) is 0 Å². The summed E-state index contributed by atoms with van der Waals surface area (Å²) in [7, 11) is 0. The molecule has 0 aliphatic carbocycles. The van der Waals surface area contributed by atoms with Gasteiger partial charge in [-0.1, -0.05) is 387 Å².